The van der Waals surface area contributed by atoms with Crippen molar-refractivity contribution in [3.05, 3.63) is 30.3 Å². The summed E-state index contributed by atoms with van der Waals surface area (Å²) in [5, 5.41) is 2.92. The summed E-state index contributed by atoms with van der Waals surface area (Å²) in [7, 11) is 0. The van der Waals surface area contributed by atoms with E-state index >= 15 is 0 Å². The number of benzene rings is 1. The standard InChI is InChI=1S/C13H20N2O/c1-2-11(7-6-10-14)13(16)15-12-8-4-3-5-9-12/h3-5,8-9,11H,2,6-7,10,14H2,1H3,(H,15,16). The Bertz CT molecular complexity index is 311. The number of para-hydroxylation sites is 1. The van der Waals surface area contributed by atoms with E-state index < -0.39 is 0 Å². The number of carbonyl (C=O) groups is 1. The van der Waals surface area contributed by atoms with Crippen LogP contribution in [0.1, 0.15) is 26.2 Å². The van der Waals surface area contributed by atoms with Crippen LogP contribution in [-0.2, 0) is 4.79 Å². The minimum absolute atomic E-state index is 0.0729. The average molecular weight is 220 g/mol. The number of hydrogen-bond donors (Lipinski definition) is 2. The lowest BCUT2D eigenvalue weighted by molar-refractivity contribution is -0.120. The largest absolute Gasteiger partial charge is 0.330 e. The summed E-state index contributed by atoms with van der Waals surface area (Å²) in [6.07, 6.45) is 2.63. The Labute approximate surface area is 97.0 Å². The third-order valence-corrected chi connectivity index (χ3v) is 2.66. The predicted octanol–water partition coefficient (Wildman–Crippen LogP) is 2.39. The molecule has 0 aliphatic rings. The molecule has 1 aromatic carbocycles. The van der Waals surface area contributed by atoms with Crippen LogP contribution < -0.4 is 11.1 Å². The maximum atomic E-state index is 11.9. The summed E-state index contributed by atoms with van der Waals surface area (Å²) in [4.78, 5) is 11.9. The second-order valence-electron chi connectivity index (χ2n) is 3.89. The van der Waals surface area contributed by atoms with Crippen LogP contribution in [0, 0.1) is 5.92 Å². The zero-order valence-corrected chi connectivity index (χ0v) is 9.78. The molecule has 0 spiro atoms. The SMILES string of the molecule is CCC(CCCN)C(=O)Nc1ccccc1. The van der Waals surface area contributed by atoms with E-state index in [0.717, 1.165) is 24.9 Å². The van der Waals surface area contributed by atoms with Gasteiger partial charge in [-0.3, -0.25) is 4.79 Å². The highest BCUT2D eigenvalue weighted by Gasteiger charge is 2.15. The van der Waals surface area contributed by atoms with Crippen LogP contribution in [0.25, 0.3) is 0 Å². The molecule has 0 aliphatic heterocycles. The molecule has 0 aromatic heterocycles. The van der Waals surface area contributed by atoms with Gasteiger partial charge in [0.15, 0.2) is 0 Å². The van der Waals surface area contributed by atoms with Crippen molar-refractivity contribution in [3.8, 4) is 0 Å². The number of nitrogens with one attached hydrogen (secondary N) is 1. The summed E-state index contributed by atoms with van der Waals surface area (Å²) >= 11 is 0. The normalized spacial score (nSPS) is 12.1. The van der Waals surface area contributed by atoms with Gasteiger partial charge >= 0.3 is 0 Å². The fourth-order valence-corrected chi connectivity index (χ4v) is 1.65. The van der Waals surface area contributed by atoms with Crippen LogP contribution in [-0.4, -0.2) is 12.5 Å². The minimum atomic E-state index is 0.0729. The van der Waals surface area contributed by atoms with Gasteiger partial charge in [-0.2, -0.15) is 0 Å². The highest BCUT2D eigenvalue weighted by Crippen LogP contribution is 2.14. The molecule has 1 unspecified atom stereocenters. The molecule has 0 saturated heterocycles. The topological polar surface area (TPSA) is 55.1 Å². The number of hydrogen-bond acceptors (Lipinski definition) is 2. The van der Waals surface area contributed by atoms with E-state index in [-0.39, 0.29) is 11.8 Å². The number of amides is 1. The van der Waals surface area contributed by atoms with Crippen molar-refractivity contribution in [3.63, 3.8) is 0 Å². The van der Waals surface area contributed by atoms with Crippen molar-refractivity contribution in [1.82, 2.24) is 0 Å². The Morgan fingerprint density at radius 2 is 2.06 bits per heavy atom. The third kappa shape index (κ3) is 4.03. The van der Waals surface area contributed by atoms with Crippen molar-refractivity contribution < 1.29 is 4.79 Å². The molecular weight excluding hydrogens is 200 g/mol. The lowest BCUT2D eigenvalue weighted by Gasteiger charge is -2.14. The van der Waals surface area contributed by atoms with E-state index in [2.05, 4.69) is 5.32 Å². The molecule has 0 saturated carbocycles. The van der Waals surface area contributed by atoms with Crippen molar-refractivity contribution in [2.45, 2.75) is 26.2 Å². The first-order valence-electron chi connectivity index (χ1n) is 5.84. The van der Waals surface area contributed by atoms with E-state index in [1.807, 2.05) is 37.3 Å². The summed E-state index contributed by atoms with van der Waals surface area (Å²) < 4.78 is 0. The van der Waals surface area contributed by atoms with Gasteiger partial charge in [0.2, 0.25) is 5.91 Å². The molecule has 0 aliphatic carbocycles. The fourth-order valence-electron chi connectivity index (χ4n) is 1.65. The number of nitrogens with two attached hydrogens (primary N) is 1. The summed E-state index contributed by atoms with van der Waals surface area (Å²) in [6.45, 7) is 2.68. The first-order chi connectivity index (χ1) is 7.77. The lowest BCUT2D eigenvalue weighted by Crippen LogP contribution is -2.23. The molecule has 0 fully saturated rings. The van der Waals surface area contributed by atoms with Gasteiger partial charge in [-0.05, 0) is 37.9 Å². The van der Waals surface area contributed by atoms with E-state index in [4.69, 9.17) is 5.73 Å². The van der Waals surface area contributed by atoms with E-state index in [1.54, 1.807) is 0 Å². The lowest BCUT2D eigenvalue weighted by atomic mass is 9.99. The molecule has 3 N–H and O–H groups in total. The van der Waals surface area contributed by atoms with Crippen LogP contribution in [0.5, 0.6) is 0 Å². The Morgan fingerprint density at radius 1 is 1.38 bits per heavy atom. The highest BCUT2D eigenvalue weighted by atomic mass is 16.1. The summed E-state index contributed by atoms with van der Waals surface area (Å²) in [5.41, 5.74) is 6.31. The zero-order valence-electron chi connectivity index (χ0n) is 9.78. The Balaban J connectivity index is 2.49. The average Bonchev–Trinajstić information content (AvgIpc) is 2.31. The molecule has 1 aromatic rings. The molecule has 1 rings (SSSR count). The van der Waals surface area contributed by atoms with Crippen LogP contribution in [0.3, 0.4) is 0 Å². The van der Waals surface area contributed by atoms with Gasteiger partial charge in [-0.25, -0.2) is 0 Å². The van der Waals surface area contributed by atoms with Gasteiger partial charge in [0.25, 0.3) is 0 Å². The molecule has 1 amide bonds. The summed E-state index contributed by atoms with van der Waals surface area (Å²) in [5.74, 6) is 0.172. The van der Waals surface area contributed by atoms with Crippen molar-refractivity contribution in [2.75, 3.05) is 11.9 Å². The van der Waals surface area contributed by atoms with Gasteiger partial charge in [-0.15, -0.1) is 0 Å². The van der Waals surface area contributed by atoms with E-state index in [1.165, 1.54) is 0 Å². The quantitative estimate of drug-likeness (QED) is 0.773. The van der Waals surface area contributed by atoms with Crippen LogP contribution >= 0.6 is 0 Å². The predicted molar refractivity (Wildman–Crippen MR) is 67.1 cm³/mol. The number of anilines is 1. The van der Waals surface area contributed by atoms with Crippen molar-refractivity contribution in [2.24, 2.45) is 11.7 Å². The second kappa shape index (κ2) is 7.01. The maximum absolute atomic E-state index is 11.9. The highest BCUT2D eigenvalue weighted by molar-refractivity contribution is 5.92. The third-order valence-electron chi connectivity index (χ3n) is 2.66. The second-order valence-corrected chi connectivity index (χ2v) is 3.89. The van der Waals surface area contributed by atoms with Gasteiger partial charge in [-0.1, -0.05) is 25.1 Å². The van der Waals surface area contributed by atoms with Crippen LogP contribution in [0.4, 0.5) is 5.69 Å². The molecule has 88 valence electrons. The Hall–Kier alpha value is -1.35. The summed E-state index contributed by atoms with van der Waals surface area (Å²) in [6, 6.07) is 9.55. The molecular formula is C13H20N2O. The molecule has 1 atom stereocenters. The smallest absolute Gasteiger partial charge is 0.227 e. The minimum Gasteiger partial charge on any atom is -0.330 e. The number of rotatable bonds is 6. The number of carbonyl (C=O) groups excluding carboxylic acids is 1. The molecule has 16 heavy (non-hydrogen) atoms. The molecule has 0 heterocycles. The Kier molecular flexibility index (Phi) is 5.57. The maximum Gasteiger partial charge on any atom is 0.227 e. The molecule has 0 radical (unpaired) electrons. The van der Waals surface area contributed by atoms with Gasteiger partial charge in [0.1, 0.15) is 0 Å². The molecule has 0 bridgehead atoms. The van der Waals surface area contributed by atoms with Crippen molar-refractivity contribution in [1.29, 1.82) is 0 Å². The first kappa shape index (κ1) is 12.7. The fraction of sp³-hybridized carbons (Fsp3) is 0.462. The van der Waals surface area contributed by atoms with Crippen LogP contribution in [0.15, 0.2) is 30.3 Å². The first-order valence-corrected chi connectivity index (χ1v) is 5.84. The van der Waals surface area contributed by atoms with E-state index in [0.29, 0.717) is 6.54 Å². The van der Waals surface area contributed by atoms with Gasteiger partial charge < -0.3 is 11.1 Å². The van der Waals surface area contributed by atoms with E-state index in [9.17, 15) is 4.79 Å². The van der Waals surface area contributed by atoms with Crippen molar-refractivity contribution >= 4 is 11.6 Å². The van der Waals surface area contributed by atoms with Crippen LogP contribution in [0.2, 0.25) is 0 Å². The molecule has 3 nitrogen and oxygen atoms in total. The molecule has 3 heteroatoms. The van der Waals surface area contributed by atoms with Gasteiger partial charge in [0, 0.05) is 11.6 Å². The Morgan fingerprint density at radius 3 is 2.62 bits per heavy atom. The monoisotopic (exact) mass is 220 g/mol. The zero-order chi connectivity index (χ0) is 11.8. The van der Waals surface area contributed by atoms with Gasteiger partial charge in [0.05, 0.1) is 0 Å².